The number of methoxy groups -OCH3 is 1. The van der Waals surface area contributed by atoms with Crippen LogP contribution in [-0.4, -0.2) is 83.1 Å². The minimum absolute atomic E-state index is 0.0772. The summed E-state index contributed by atoms with van der Waals surface area (Å²) in [7, 11) is 1.70. The van der Waals surface area contributed by atoms with Crippen LogP contribution in [0, 0.1) is 17.7 Å². The predicted octanol–water partition coefficient (Wildman–Crippen LogP) is 3.15. The first-order valence-corrected chi connectivity index (χ1v) is 13.2. The first-order valence-electron chi connectivity index (χ1n) is 13.2. The van der Waals surface area contributed by atoms with Gasteiger partial charge in [-0.05, 0) is 61.7 Å². The van der Waals surface area contributed by atoms with E-state index < -0.39 is 0 Å². The molecule has 5 heterocycles. The maximum Gasteiger partial charge on any atom is 0.227 e. The summed E-state index contributed by atoms with van der Waals surface area (Å²) in [6.07, 6.45) is 4.01. The molecule has 0 radical (unpaired) electrons. The molecule has 0 spiro atoms. The number of anilines is 1. The van der Waals surface area contributed by atoms with Crippen molar-refractivity contribution in [3.63, 3.8) is 0 Å². The number of para-hydroxylation sites is 2. The summed E-state index contributed by atoms with van der Waals surface area (Å²) in [6.45, 7) is 5.73. The van der Waals surface area contributed by atoms with E-state index in [2.05, 4.69) is 31.1 Å². The molecule has 37 heavy (non-hydrogen) atoms. The third kappa shape index (κ3) is 4.80. The highest BCUT2D eigenvalue weighted by Gasteiger charge is 2.44. The van der Waals surface area contributed by atoms with E-state index >= 15 is 0 Å². The monoisotopic (exact) mass is 504 g/mol. The van der Waals surface area contributed by atoms with Crippen molar-refractivity contribution in [3.8, 4) is 17.0 Å². The lowest BCUT2D eigenvalue weighted by atomic mass is 9.75. The third-order valence-corrected chi connectivity index (χ3v) is 8.29. The van der Waals surface area contributed by atoms with Gasteiger partial charge in [0.2, 0.25) is 5.91 Å². The molecular formula is C28H33FN6O2. The molecule has 2 aromatic carbocycles. The molecule has 2 bridgehead atoms. The number of rotatable bonds is 6. The molecule has 194 valence electrons. The van der Waals surface area contributed by atoms with Crippen LogP contribution in [0.4, 0.5) is 10.1 Å². The van der Waals surface area contributed by atoms with Crippen LogP contribution >= 0.6 is 0 Å². The van der Waals surface area contributed by atoms with Gasteiger partial charge in [0.15, 0.2) is 0 Å². The van der Waals surface area contributed by atoms with E-state index in [1.54, 1.807) is 19.2 Å². The number of benzene rings is 2. The standard InChI is InChI=1S/C28H33FN6O2/c1-37-27-5-3-2-4-26(27)32-12-14-33(15-13-32)28(36)24-18-34-11-10-21(24)16-23(34)17-35-19-25(30-31-35)20-6-8-22(29)9-7-20/h2-9,19,21,23-24H,10-18H2,1H3/t21?,23-,24+/m1/s1. The fourth-order valence-electron chi connectivity index (χ4n) is 6.26. The van der Waals surface area contributed by atoms with Crippen LogP contribution in [0.2, 0.25) is 0 Å². The van der Waals surface area contributed by atoms with Gasteiger partial charge in [-0.1, -0.05) is 17.3 Å². The van der Waals surface area contributed by atoms with E-state index in [9.17, 15) is 9.18 Å². The molecule has 9 heteroatoms. The Morgan fingerprint density at radius 3 is 2.57 bits per heavy atom. The normalized spacial score (nSPS) is 25.4. The third-order valence-electron chi connectivity index (χ3n) is 8.29. The zero-order chi connectivity index (χ0) is 25.4. The quantitative estimate of drug-likeness (QED) is 0.514. The smallest absolute Gasteiger partial charge is 0.227 e. The summed E-state index contributed by atoms with van der Waals surface area (Å²) in [6, 6.07) is 14.8. The SMILES string of the molecule is COc1ccccc1N1CCN(C(=O)[C@H]2CN3CCC2C[C@@H]3Cn2cc(-c3ccc(F)cc3)nn2)CC1. The number of fused-ring (bicyclic) bond motifs is 3. The molecule has 0 N–H and O–H groups in total. The first-order chi connectivity index (χ1) is 18.1. The number of piperazine rings is 1. The first kappa shape index (κ1) is 23.9. The Labute approximate surface area is 216 Å². The van der Waals surface area contributed by atoms with Gasteiger partial charge in [0.1, 0.15) is 17.3 Å². The molecule has 4 fully saturated rings. The Kier molecular flexibility index (Phi) is 6.54. The van der Waals surface area contributed by atoms with E-state index in [0.717, 1.165) is 81.3 Å². The Morgan fingerprint density at radius 2 is 1.84 bits per heavy atom. The minimum Gasteiger partial charge on any atom is -0.495 e. The van der Waals surface area contributed by atoms with E-state index in [1.807, 2.05) is 29.1 Å². The zero-order valence-corrected chi connectivity index (χ0v) is 21.2. The van der Waals surface area contributed by atoms with Crippen molar-refractivity contribution in [2.24, 2.45) is 11.8 Å². The number of ether oxygens (including phenoxy) is 1. The van der Waals surface area contributed by atoms with E-state index in [-0.39, 0.29) is 11.7 Å². The number of nitrogens with zero attached hydrogens (tertiary/aromatic N) is 6. The highest BCUT2D eigenvalue weighted by Crippen LogP contribution is 2.38. The average molecular weight is 505 g/mol. The van der Waals surface area contributed by atoms with Crippen LogP contribution in [0.1, 0.15) is 12.8 Å². The van der Waals surface area contributed by atoms with Gasteiger partial charge in [0, 0.05) is 44.3 Å². The number of halogens is 1. The lowest BCUT2D eigenvalue weighted by Crippen LogP contribution is -2.60. The van der Waals surface area contributed by atoms with Crippen molar-refractivity contribution in [1.82, 2.24) is 24.8 Å². The zero-order valence-electron chi connectivity index (χ0n) is 21.2. The van der Waals surface area contributed by atoms with Gasteiger partial charge in [-0.15, -0.1) is 5.10 Å². The molecule has 2 unspecified atom stereocenters. The second kappa shape index (κ2) is 10.1. The number of carbonyl (C=O) groups excluding carboxylic acids is 1. The fourth-order valence-corrected chi connectivity index (χ4v) is 6.26. The Bertz CT molecular complexity index is 1240. The summed E-state index contributed by atoms with van der Waals surface area (Å²) in [5, 5.41) is 8.61. The second-order valence-electron chi connectivity index (χ2n) is 10.4. The highest BCUT2D eigenvalue weighted by atomic mass is 19.1. The molecule has 3 aromatic rings. The maximum atomic E-state index is 13.6. The topological polar surface area (TPSA) is 66.7 Å². The lowest BCUT2D eigenvalue weighted by molar-refractivity contribution is -0.144. The van der Waals surface area contributed by atoms with Gasteiger partial charge in [-0.25, -0.2) is 4.39 Å². The summed E-state index contributed by atoms with van der Waals surface area (Å²) in [5.74, 6) is 1.42. The molecule has 1 aromatic heterocycles. The number of amides is 1. The largest absolute Gasteiger partial charge is 0.495 e. The van der Waals surface area contributed by atoms with Crippen LogP contribution < -0.4 is 9.64 Å². The van der Waals surface area contributed by atoms with E-state index in [4.69, 9.17) is 4.74 Å². The Hall–Kier alpha value is -3.46. The van der Waals surface area contributed by atoms with Crippen LogP contribution in [0.25, 0.3) is 11.3 Å². The Balaban J connectivity index is 1.05. The second-order valence-corrected chi connectivity index (χ2v) is 10.4. The molecule has 4 aliphatic heterocycles. The van der Waals surface area contributed by atoms with E-state index in [0.29, 0.717) is 17.9 Å². The Morgan fingerprint density at radius 1 is 1.05 bits per heavy atom. The molecule has 4 atom stereocenters. The van der Waals surface area contributed by atoms with Crippen LogP contribution in [0.5, 0.6) is 5.75 Å². The number of hydrogen-bond donors (Lipinski definition) is 0. The fraction of sp³-hybridized carbons (Fsp3) is 0.464. The van der Waals surface area contributed by atoms with Crippen LogP contribution in [0.15, 0.2) is 54.7 Å². The van der Waals surface area contributed by atoms with Crippen molar-refractivity contribution < 1.29 is 13.9 Å². The summed E-state index contributed by atoms with van der Waals surface area (Å²) in [4.78, 5) is 20.4. The van der Waals surface area contributed by atoms with Crippen molar-refractivity contribution in [2.75, 3.05) is 51.3 Å². The van der Waals surface area contributed by atoms with Crippen LogP contribution in [-0.2, 0) is 11.3 Å². The van der Waals surface area contributed by atoms with Crippen molar-refractivity contribution in [2.45, 2.75) is 25.4 Å². The van der Waals surface area contributed by atoms with E-state index in [1.165, 1.54) is 12.1 Å². The summed E-state index contributed by atoms with van der Waals surface area (Å²) >= 11 is 0. The van der Waals surface area contributed by atoms with Gasteiger partial charge in [0.05, 0.1) is 31.5 Å². The molecule has 0 saturated carbocycles. The molecular weight excluding hydrogens is 471 g/mol. The minimum atomic E-state index is -0.260. The van der Waals surface area contributed by atoms with Gasteiger partial charge in [0.25, 0.3) is 0 Å². The number of hydrogen-bond acceptors (Lipinski definition) is 6. The molecule has 1 amide bonds. The predicted molar refractivity (Wildman–Crippen MR) is 139 cm³/mol. The summed E-state index contributed by atoms with van der Waals surface area (Å²) in [5.41, 5.74) is 2.70. The van der Waals surface area contributed by atoms with Crippen molar-refractivity contribution in [3.05, 3.63) is 60.5 Å². The number of aromatic nitrogens is 3. The molecule has 4 saturated heterocycles. The van der Waals surface area contributed by atoms with Gasteiger partial charge in [-0.2, -0.15) is 0 Å². The lowest BCUT2D eigenvalue weighted by Gasteiger charge is -2.50. The van der Waals surface area contributed by atoms with Crippen LogP contribution in [0.3, 0.4) is 0 Å². The molecule has 8 nitrogen and oxygen atoms in total. The van der Waals surface area contributed by atoms with Crippen molar-refractivity contribution in [1.29, 1.82) is 0 Å². The highest BCUT2D eigenvalue weighted by molar-refractivity contribution is 5.80. The molecule has 0 aliphatic carbocycles. The maximum absolute atomic E-state index is 13.6. The van der Waals surface area contributed by atoms with Gasteiger partial charge < -0.3 is 14.5 Å². The van der Waals surface area contributed by atoms with Crippen molar-refractivity contribution >= 4 is 11.6 Å². The van der Waals surface area contributed by atoms with Gasteiger partial charge in [-0.3, -0.25) is 14.4 Å². The number of carbonyl (C=O) groups is 1. The summed E-state index contributed by atoms with van der Waals surface area (Å²) < 4.78 is 20.7. The van der Waals surface area contributed by atoms with Gasteiger partial charge >= 0.3 is 0 Å². The molecule has 4 aliphatic rings. The number of piperidine rings is 3. The average Bonchev–Trinajstić information content (AvgIpc) is 3.42. The molecule has 7 rings (SSSR count).